The van der Waals surface area contributed by atoms with Crippen molar-refractivity contribution >= 4 is 11.6 Å². The Bertz CT molecular complexity index is 272. The van der Waals surface area contributed by atoms with Gasteiger partial charge in [-0.15, -0.1) is 0 Å². The molecule has 1 rings (SSSR count). The van der Waals surface area contributed by atoms with E-state index in [2.05, 4.69) is 0 Å². The van der Waals surface area contributed by atoms with E-state index in [4.69, 9.17) is 0 Å². The first-order valence-electron chi connectivity index (χ1n) is 5.11. The molecule has 0 aromatic rings. The molecule has 3 heteroatoms. The van der Waals surface area contributed by atoms with Crippen molar-refractivity contribution in [2.24, 2.45) is 5.41 Å². The molecule has 2 unspecified atom stereocenters. The fraction of sp³-hybridized carbons (Fsp3) is 0.818. The van der Waals surface area contributed by atoms with Crippen LogP contribution >= 0.6 is 0 Å². The molecule has 0 spiro atoms. The second-order valence-corrected chi connectivity index (χ2v) is 4.49. The lowest BCUT2D eigenvalue weighted by Gasteiger charge is -2.45. The van der Waals surface area contributed by atoms with E-state index in [-0.39, 0.29) is 18.0 Å². The van der Waals surface area contributed by atoms with E-state index in [1.807, 2.05) is 6.92 Å². The molecule has 0 aromatic carbocycles. The summed E-state index contributed by atoms with van der Waals surface area (Å²) in [5, 5.41) is 10.3. The van der Waals surface area contributed by atoms with Crippen LogP contribution in [0.2, 0.25) is 0 Å². The summed E-state index contributed by atoms with van der Waals surface area (Å²) in [7, 11) is 0. The molecule has 1 aliphatic carbocycles. The molecule has 1 fully saturated rings. The van der Waals surface area contributed by atoms with Gasteiger partial charge in [0, 0.05) is 12.8 Å². The normalized spacial score (nSPS) is 38.4. The van der Waals surface area contributed by atoms with Crippen molar-refractivity contribution in [3.05, 3.63) is 0 Å². The highest BCUT2D eigenvalue weighted by atomic mass is 16.3. The van der Waals surface area contributed by atoms with E-state index in [9.17, 15) is 14.7 Å². The van der Waals surface area contributed by atoms with E-state index in [1.54, 1.807) is 6.92 Å². The van der Waals surface area contributed by atoms with Crippen LogP contribution in [0.3, 0.4) is 0 Å². The summed E-state index contributed by atoms with van der Waals surface area (Å²) in [5.41, 5.74) is -1.87. The van der Waals surface area contributed by atoms with Gasteiger partial charge in [0.05, 0.1) is 11.0 Å². The highest BCUT2D eigenvalue weighted by Crippen LogP contribution is 2.45. The summed E-state index contributed by atoms with van der Waals surface area (Å²) in [6.45, 7) is 5.08. The average Bonchev–Trinajstić information content (AvgIpc) is 2.11. The zero-order valence-corrected chi connectivity index (χ0v) is 9.09. The van der Waals surface area contributed by atoms with E-state index in [0.29, 0.717) is 19.3 Å². The zero-order chi connectivity index (χ0) is 11.0. The Morgan fingerprint density at radius 2 is 2.14 bits per heavy atom. The Labute approximate surface area is 84.5 Å². The molecular weight excluding hydrogens is 180 g/mol. The molecule has 1 N–H and O–H groups in total. The molecule has 1 aliphatic rings. The van der Waals surface area contributed by atoms with E-state index < -0.39 is 11.0 Å². The zero-order valence-electron chi connectivity index (χ0n) is 9.09. The van der Waals surface area contributed by atoms with Crippen LogP contribution < -0.4 is 0 Å². The van der Waals surface area contributed by atoms with Gasteiger partial charge >= 0.3 is 0 Å². The Balaban J connectivity index is 3.05. The maximum absolute atomic E-state index is 11.5. The molecule has 0 saturated heterocycles. The number of hydrogen-bond acceptors (Lipinski definition) is 3. The number of rotatable bonds is 2. The van der Waals surface area contributed by atoms with Crippen LogP contribution in [0.1, 0.15) is 46.5 Å². The SMILES string of the molecule is CCC1(O)CC(=O)CCC1(C)C(C)=O. The summed E-state index contributed by atoms with van der Waals surface area (Å²) in [4.78, 5) is 22.8. The van der Waals surface area contributed by atoms with Crippen LogP contribution in [-0.4, -0.2) is 22.3 Å². The van der Waals surface area contributed by atoms with Crippen LogP contribution in [0.25, 0.3) is 0 Å². The standard InChI is InChI=1S/C11H18O3/c1-4-11(14)7-9(13)5-6-10(11,3)8(2)12/h14H,4-7H2,1-3H3. The largest absolute Gasteiger partial charge is 0.388 e. The Kier molecular flexibility index (Phi) is 2.81. The quantitative estimate of drug-likeness (QED) is 0.731. The van der Waals surface area contributed by atoms with Gasteiger partial charge in [-0.2, -0.15) is 0 Å². The summed E-state index contributed by atoms with van der Waals surface area (Å²) < 4.78 is 0. The van der Waals surface area contributed by atoms with Crippen LogP contribution in [0.15, 0.2) is 0 Å². The molecule has 0 amide bonds. The molecule has 1 saturated carbocycles. The molecule has 0 heterocycles. The molecule has 0 radical (unpaired) electrons. The van der Waals surface area contributed by atoms with Crippen LogP contribution in [0, 0.1) is 5.41 Å². The molecule has 2 atom stereocenters. The lowest BCUT2D eigenvalue weighted by molar-refractivity contribution is -0.159. The third-order valence-corrected chi connectivity index (χ3v) is 3.78. The summed E-state index contributed by atoms with van der Waals surface area (Å²) in [6.07, 6.45) is 1.47. The van der Waals surface area contributed by atoms with Crippen molar-refractivity contribution in [1.29, 1.82) is 0 Å². The van der Waals surface area contributed by atoms with Gasteiger partial charge in [0.15, 0.2) is 0 Å². The average molecular weight is 198 g/mol. The minimum atomic E-state index is -1.13. The van der Waals surface area contributed by atoms with Crippen molar-refractivity contribution in [3.63, 3.8) is 0 Å². The molecular formula is C11H18O3. The number of carbonyl (C=O) groups excluding carboxylic acids is 2. The van der Waals surface area contributed by atoms with Crippen molar-refractivity contribution in [2.45, 2.75) is 52.1 Å². The van der Waals surface area contributed by atoms with Gasteiger partial charge in [0.25, 0.3) is 0 Å². The summed E-state index contributed by atoms with van der Waals surface area (Å²) in [6, 6.07) is 0. The van der Waals surface area contributed by atoms with Gasteiger partial charge in [-0.05, 0) is 26.7 Å². The van der Waals surface area contributed by atoms with Gasteiger partial charge in [-0.1, -0.05) is 6.92 Å². The molecule has 3 nitrogen and oxygen atoms in total. The van der Waals surface area contributed by atoms with E-state index >= 15 is 0 Å². The van der Waals surface area contributed by atoms with Gasteiger partial charge in [0.1, 0.15) is 11.6 Å². The predicted molar refractivity (Wildman–Crippen MR) is 52.9 cm³/mol. The molecule has 80 valence electrons. The van der Waals surface area contributed by atoms with Gasteiger partial charge in [-0.3, -0.25) is 9.59 Å². The second kappa shape index (κ2) is 3.46. The third kappa shape index (κ3) is 1.50. The fourth-order valence-electron chi connectivity index (χ4n) is 2.25. The van der Waals surface area contributed by atoms with Crippen LogP contribution in [-0.2, 0) is 9.59 Å². The van der Waals surface area contributed by atoms with Crippen molar-refractivity contribution in [3.8, 4) is 0 Å². The van der Waals surface area contributed by atoms with Gasteiger partial charge < -0.3 is 5.11 Å². The highest BCUT2D eigenvalue weighted by Gasteiger charge is 2.52. The number of carbonyl (C=O) groups is 2. The molecule has 0 aromatic heterocycles. The van der Waals surface area contributed by atoms with E-state index in [1.165, 1.54) is 6.92 Å². The van der Waals surface area contributed by atoms with Crippen molar-refractivity contribution in [2.75, 3.05) is 0 Å². The first-order valence-corrected chi connectivity index (χ1v) is 5.11. The van der Waals surface area contributed by atoms with E-state index in [0.717, 1.165) is 0 Å². The third-order valence-electron chi connectivity index (χ3n) is 3.78. The number of ketones is 2. The van der Waals surface area contributed by atoms with Gasteiger partial charge in [0.2, 0.25) is 0 Å². The fourth-order valence-corrected chi connectivity index (χ4v) is 2.25. The molecule has 14 heavy (non-hydrogen) atoms. The number of hydrogen-bond donors (Lipinski definition) is 1. The molecule has 0 bridgehead atoms. The van der Waals surface area contributed by atoms with Crippen LogP contribution in [0.4, 0.5) is 0 Å². The maximum atomic E-state index is 11.5. The summed E-state index contributed by atoms with van der Waals surface area (Å²) >= 11 is 0. The minimum Gasteiger partial charge on any atom is -0.388 e. The Morgan fingerprint density at radius 3 is 2.57 bits per heavy atom. The second-order valence-electron chi connectivity index (χ2n) is 4.49. The number of aliphatic hydroxyl groups is 1. The monoisotopic (exact) mass is 198 g/mol. The topological polar surface area (TPSA) is 54.4 Å². The van der Waals surface area contributed by atoms with Crippen LogP contribution in [0.5, 0.6) is 0 Å². The molecule has 0 aliphatic heterocycles. The minimum absolute atomic E-state index is 0.0191. The smallest absolute Gasteiger partial charge is 0.138 e. The highest BCUT2D eigenvalue weighted by molar-refractivity contribution is 5.89. The van der Waals surface area contributed by atoms with Gasteiger partial charge in [-0.25, -0.2) is 0 Å². The van der Waals surface area contributed by atoms with Crippen molar-refractivity contribution in [1.82, 2.24) is 0 Å². The summed E-state index contributed by atoms with van der Waals surface area (Å²) in [5.74, 6) is 0.0439. The predicted octanol–water partition coefficient (Wildman–Crippen LogP) is 1.48. The number of Topliss-reactive ketones (excluding diaryl/α,β-unsaturated/α-hetero) is 2. The Hall–Kier alpha value is -0.700. The first kappa shape index (κ1) is 11.4. The lowest BCUT2D eigenvalue weighted by Crippen LogP contribution is -2.54. The first-order chi connectivity index (χ1) is 6.35. The Morgan fingerprint density at radius 1 is 1.57 bits per heavy atom. The lowest BCUT2D eigenvalue weighted by atomic mass is 9.61. The van der Waals surface area contributed by atoms with Crippen molar-refractivity contribution < 1.29 is 14.7 Å². The maximum Gasteiger partial charge on any atom is 0.138 e.